The number of hydrogen-bond donors (Lipinski definition) is 1. The summed E-state index contributed by atoms with van der Waals surface area (Å²) < 4.78 is 3.17. The molecule has 0 saturated carbocycles. The lowest BCUT2D eigenvalue weighted by Gasteiger charge is -2.27. The number of rotatable bonds is 6. The molecule has 0 aliphatic carbocycles. The van der Waals surface area contributed by atoms with Crippen molar-refractivity contribution in [1.82, 2.24) is 24.6 Å². The van der Waals surface area contributed by atoms with Gasteiger partial charge in [-0.05, 0) is 58.1 Å². The number of pyridine rings is 1. The van der Waals surface area contributed by atoms with Crippen LogP contribution in [0.25, 0.3) is 0 Å². The largest absolute Gasteiger partial charge is 0.349 e. The minimum absolute atomic E-state index is 0.0381. The Morgan fingerprint density at radius 3 is 2.50 bits per heavy atom. The first kappa shape index (κ1) is 21.8. The fourth-order valence-electron chi connectivity index (χ4n) is 3.96. The number of aryl methyl sites for hydroxylation is 2. The molecule has 1 fully saturated rings. The van der Waals surface area contributed by atoms with Gasteiger partial charge in [0.25, 0.3) is 11.5 Å². The SMILES string of the molecule is Cc1nn(C)c(C)c1CC(C)NC(=O)c1ccc(=O)n(CC(=O)N2CCCCC2)c1. The zero-order chi connectivity index (χ0) is 21.8. The highest BCUT2D eigenvalue weighted by atomic mass is 16.2. The van der Waals surface area contributed by atoms with E-state index in [4.69, 9.17) is 0 Å². The van der Waals surface area contributed by atoms with Gasteiger partial charge in [-0.2, -0.15) is 5.10 Å². The van der Waals surface area contributed by atoms with Gasteiger partial charge in [0.1, 0.15) is 6.54 Å². The summed E-state index contributed by atoms with van der Waals surface area (Å²) in [5.74, 6) is -0.342. The van der Waals surface area contributed by atoms with Crippen LogP contribution in [0.5, 0.6) is 0 Å². The average molecular weight is 414 g/mol. The van der Waals surface area contributed by atoms with E-state index in [1.807, 2.05) is 32.5 Å². The van der Waals surface area contributed by atoms with Crippen molar-refractivity contribution in [2.75, 3.05) is 13.1 Å². The minimum Gasteiger partial charge on any atom is -0.349 e. The number of piperidine rings is 1. The van der Waals surface area contributed by atoms with Gasteiger partial charge in [-0.3, -0.25) is 19.1 Å². The third-order valence-corrected chi connectivity index (χ3v) is 5.81. The van der Waals surface area contributed by atoms with Crippen molar-refractivity contribution < 1.29 is 9.59 Å². The number of hydrogen-bond acceptors (Lipinski definition) is 4. The lowest BCUT2D eigenvalue weighted by molar-refractivity contribution is -0.132. The van der Waals surface area contributed by atoms with E-state index in [1.165, 1.54) is 22.9 Å². The molecule has 2 amide bonds. The Bertz CT molecular complexity index is 985. The summed E-state index contributed by atoms with van der Waals surface area (Å²) in [5, 5.41) is 7.40. The lowest BCUT2D eigenvalue weighted by Crippen LogP contribution is -2.40. The van der Waals surface area contributed by atoms with E-state index in [1.54, 1.807) is 4.90 Å². The Labute approximate surface area is 176 Å². The van der Waals surface area contributed by atoms with Crippen molar-refractivity contribution in [3.05, 3.63) is 51.2 Å². The van der Waals surface area contributed by atoms with Crippen molar-refractivity contribution in [2.24, 2.45) is 7.05 Å². The third-order valence-electron chi connectivity index (χ3n) is 5.81. The number of nitrogens with zero attached hydrogens (tertiary/aromatic N) is 4. The van der Waals surface area contributed by atoms with Crippen LogP contribution in [0.15, 0.2) is 23.1 Å². The number of amides is 2. The van der Waals surface area contributed by atoms with Crippen LogP contribution in [0.4, 0.5) is 0 Å². The molecule has 2 aromatic heterocycles. The number of carbonyl (C=O) groups excluding carboxylic acids is 2. The van der Waals surface area contributed by atoms with Gasteiger partial charge in [0.05, 0.1) is 11.3 Å². The topological polar surface area (TPSA) is 89.2 Å². The van der Waals surface area contributed by atoms with E-state index in [-0.39, 0.29) is 30.0 Å². The van der Waals surface area contributed by atoms with Crippen LogP contribution >= 0.6 is 0 Å². The maximum absolute atomic E-state index is 12.7. The molecule has 8 heteroatoms. The highest BCUT2D eigenvalue weighted by molar-refractivity contribution is 5.94. The molecule has 0 radical (unpaired) electrons. The summed E-state index contributed by atoms with van der Waals surface area (Å²) in [6.07, 6.45) is 5.28. The normalized spacial score (nSPS) is 15.1. The second kappa shape index (κ2) is 9.28. The van der Waals surface area contributed by atoms with Gasteiger partial charge in [-0.25, -0.2) is 0 Å². The Morgan fingerprint density at radius 1 is 1.17 bits per heavy atom. The minimum atomic E-state index is -0.286. The van der Waals surface area contributed by atoms with E-state index in [0.29, 0.717) is 12.0 Å². The molecule has 1 aliphatic rings. The third kappa shape index (κ3) is 4.98. The number of carbonyl (C=O) groups is 2. The highest BCUT2D eigenvalue weighted by Gasteiger charge is 2.19. The standard InChI is InChI=1S/C22H31N5O3/c1-15(12-19-16(2)24-25(4)17(19)3)23-22(30)18-8-9-20(28)27(13-18)14-21(29)26-10-6-5-7-11-26/h8-9,13,15H,5-7,10-12,14H2,1-4H3,(H,23,30). The summed E-state index contributed by atoms with van der Waals surface area (Å²) in [7, 11) is 1.91. The van der Waals surface area contributed by atoms with E-state index in [9.17, 15) is 14.4 Å². The molecule has 8 nitrogen and oxygen atoms in total. The van der Waals surface area contributed by atoms with Crippen LogP contribution in [0.3, 0.4) is 0 Å². The molecule has 1 saturated heterocycles. The van der Waals surface area contributed by atoms with Crippen molar-refractivity contribution >= 4 is 11.8 Å². The molecule has 3 rings (SSSR count). The summed E-state index contributed by atoms with van der Waals surface area (Å²) in [4.78, 5) is 39.2. The quantitative estimate of drug-likeness (QED) is 0.779. The molecule has 1 unspecified atom stereocenters. The molecule has 30 heavy (non-hydrogen) atoms. The zero-order valence-electron chi connectivity index (χ0n) is 18.3. The van der Waals surface area contributed by atoms with Gasteiger partial charge in [0.15, 0.2) is 0 Å². The summed E-state index contributed by atoms with van der Waals surface area (Å²) in [5.41, 5.74) is 3.25. The monoisotopic (exact) mass is 413 g/mol. The van der Waals surface area contributed by atoms with Gasteiger partial charge in [-0.1, -0.05) is 0 Å². The smallest absolute Gasteiger partial charge is 0.252 e. The lowest BCUT2D eigenvalue weighted by atomic mass is 10.0. The fraction of sp³-hybridized carbons (Fsp3) is 0.545. The van der Waals surface area contributed by atoms with Crippen LogP contribution in [0, 0.1) is 13.8 Å². The Hall–Kier alpha value is -2.90. The Morgan fingerprint density at radius 2 is 1.87 bits per heavy atom. The van der Waals surface area contributed by atoms with E-state index in [0.717, 1.165) is 49.3 Å². The molecule has 2 aromatic rings. The van der Waals surface area contributed by atoms with Gasteiger partial charge < -0.3 is 14.8 Å². The predicted molar refractivity (Wildman–Crippen MR) is 114 cm³/mol. The van der Waals surface area contributed by atoms with Crippen molar-refractivity contribution in [1.29, 1.82) is 0 Å². The fourth-order valence-corrected chi connectivity index (χ4v) is 3.96. The molecule has 0 aromatic carbocycles. The maximum Gasteiger partial charge on any atom is 0.252 e. The van der Waals surface area contributed by atoms with Gasteiger partial charge in [0, 0.05) is 44.1 Å². The number of aromatic nitrogens is 3. The average Bonchev–Trinajstić information content (AvgIpc) is 2.96. The highest BCUT2D eigenvalue weighted by Crippen LogP contribution is 2.14. The van der Waals surface area contributed by atoms with Gasteiger partial charge in [0.2, 0.25) is 5.91 Å². The van der Waals surface area contributed by atoms with E-state index in [2.05, 4.69) is 10.4 Å². The second-order valence-electron chi connectivity index (χ2n) is 8.18. The molecule has 162 valence electrons. The van der Waals surface area contributed by atoms with E-state index < -0.39 is 0 Å². The maximum atomic E-state index is 12.7. The van der Waals surface area contributed by atoms with Crippen LogP contribution in [-0.2, 0) is 24.8 Å². The van der Waals surface area contributed by atoms with Crippen molar-refractivity contribution in [3.8, 4) is 0 Å². The molecular formula is C22H31N5O3. The molecule has 1 atom stereocenters. The summed E-state index contributed by atoms with van der Waals surface area (Å²) in [6.45, 7) is 7.35. The van der Waals surface area contributed by atoms with Gasteiger partial charge in [-0.15, -0.1) is 0 Å². The van der Waals surface area contributed by atoms with Crippen LogP contribution in [-0.4, -0.2) is 50.2 Å². The van der Waals surface area contributed by atoms with Crippen LogP contribution < -0.4 is 10.9 Å². The van der Waals surface area contributed by atoms with Crippen LogP contribution in [0.2, 0.25) is 0 Å². The van der Waals surface area contributed by atoms with Gasteiger partial charge >= 0.3 is 0 Å². The molecule has 1 aliphatic heterocycles. The predicted octanol–water partition coefficient (Wildman–Crippen LogP) is 1.57. The molecular weight excluding hydrogens is 382 g/mol. The number of nitrogens with one attached hydrogen (secondary N) is 1. The first-order valence-corrected chi connectivity index (χ1v) is 10.5. The molecule has 1 N–H and O–H groups in total. The van der Waals surface area contributed by atoms with Crippen molar-refractivity contribution in [2.45, 2.75) is 59.0 Å². The summed E-state index contributed by atoms with van der Waals surface area (Å²) in [6, 6.07) is 2.75. The van der Waals surface area contributed by atoms with Crippen LogP contribution in [0.1, 0.15) is 53.5 Å². The summed E-state index contributed by atoms with van der Waals surface area (Å²) >= 11 is 0. The molecule has 3 heterocycles. The molecule has 0 spiro atoms. The number of likely N-dealkylation sites (tertiary alicyclic amines) is 1. The van der Waals surface area contributed by atoms with Crippen molar-refractivity contribution in [3.63, 3.8) is 0 Å². The Kier molecular flexibility index (Phi) is 6.74. The second-order valence-corrected chi connectivity index (χ2v) is 8.18. The Balaban J connectivity index is 1.66. The zero-order valence-corrected chi connectivity index (χ0v) is 18.3. The van der Waals surface area contributed by atoms with E-state index >= 15 is 0 Å². The first-order chi connectivity index (χ1) is 14.3. The molecule has 0 bridgehead atoms. The first-order valence-electron chi connectivity index (χ1n) is 10.5.